The molecule has 0 aliphatic carbocycles. The van der Waals surface area contributed by atoms with Gasteiger partial charge in [-0.15, -0.1) is 0 Å². The van der Waals surface area contributed by atoms with Crippen molar-refractivity contribution in [2.45, 2.75) is 44.1 Å². The molecular weight excluding hydrogens is 231 g/mol. The highest BCUT2D eigenvalue weighted by molar-refractivity contribution is 5.82. The van der Waals surface area contributed by atoms with E-state index in [2.05, 4.69) is 0 Å². The Bertz CT molecular complexity index is 258. The van der Waals surface area contributed by atoms with Crippen LogP contribution in [0, 0.1) is 0 Å². The fraction of sp³-hybridized carbons (Fsp3) is 0.875. The van der Waals surface area contributed by atoms with Crippen LogP contribution in [0.3, 0.4) is 0 Å². The monoisotopic (exact) mass is 243 g/mol. The molecule has 94 valence electrons. The maximum atomic E-state index is 12.0. The van der Waals surface area contributed by atoms with Crippen LogP contribution in [-0.4, -0.2) is 46.8 Å². The van der Waals surface area contributed by atoms with Gasteiger partial charge in [-0.25, -0.2) is 0 Å². The Morgan fingerprint density at radius 3 is 2.44 bits per heavy atom. The van der Waals surface area contributed by atoms with Gasteiger partial charge in [0.1, 0.15) is 0 Å². The van der Waals surface area contributed by atoms with Gasteiger partial charge in [-0.1, -0.05) is 0 Å². The van der Waals surface area contributed by atoms with E-state index in [0.29, 0.717) is 0 Å². The van der Waals surface area contributed by atoms with Crippen molar-refractivity contribution in [1.29, 1.82) is 0 Å². The Kier molecular flexibility index (Phi) is 3.76. The zero-order valence-corrected chi connectivity index (χ0v) is 8.36. The number of alkyl halides is 3. The normalized spacial score (nSPS) is 35.9. The summed E-state index contributed by atoms with van der Waals surface area (Å²) in [5, 5.41) is 20.1. The lowest BCUT2D eigenvalue weighted by Gasteiger charge is -2.36. The van der Waals surface area contributed by atoms with Crippen LogP contribution < -0.4 is 5.32 Å². The summed E-state index contributed by atoms with van der Waals surface area (Å²) in [4.78, 5) is 10.6. The molecule has 1 amide bonds. The zero-order chi connectivity index (χ0) is 12.5. The molecule has 1 aliphatic rings. The Hall–Kier alpha value is -0.860. The van der Waals surface area contributed by atoms with E-state index < -0.39 is 36.6 Å². The molecule has 1 aliphatic heterocycles. The molecule has 4 atom stereocenters. The molecule has 0 spiro atoms. The highest BCUT2D eigenvalue weighted by Gasteiger charge is 2.43. The van der Waals surface area contributed by atoms with Gasteiger partial charge >= 0.3 is 12.1 Å². The average Bonchev–Trinajstić information content (AvgIpc) is 2.08. The Morgan fingerprint density at radius 2 is 2.00 bits per heavy atom. The van der Waals surface area contributed by atoms with Gasteiger partial charge in [0.25, 0.3) is 0 Å². The standard InChI is InChI=1S/C8H12F3NO4/c1-3-6(4(13)2-5(14)16-3)12-7(15)8(9,10)11/h3-6,13-14H,2H2,1H3,(H,12,15)/t3-,4-,5?,6+/m0/s1. The highest BCUT2D eigenvalue weighted by Crippen LogP contribution is 2.21. The van der Waals surface area contributed by atoms with E-state index in [1.807, 2.05) is 0 Å². The maximum absolute atomic E-state index is 12.0. The molecule has 16 heavy (non-hydrogen) atoms. The van der Waals surface area contributed by atoms with E-state index >= 15 is 0 Å². The summed E-state index contributed by atoms with van der Waals surface area (Å²) in [5.41, 5.74) is 0. The molecule has 0 radical (unpaired) electrons. The number of hydrogen-bond donors (Lipinski definition) is 3. The molecule has 0 saturated carbocycles. The molecule has 1 unspecified atom stereocenters. The lowest BCUT2D eigenvalue weighted by molar-refractivity contribution is -0.204. The van der Waals surface area contributed by atoms with Crippen LogP contribution in [0.25, 0.3) is 0 Å². The minimum Gasteiger partial charge on any atom is -0.391 e. The van der Waals surface area contributed by atoms with Gasteiger partial charge in [-0.05, 0) is 6.92 Å². The molecule has 1 saturated heterocycles. The summed E-state index contributed by atoms with van der Waals surface area (Å²) >= 11 is 0. The first-order valence-corrected chi connectivity index (χ1v) is 4.61. The van der Waals surface area contributed by atoms with Crippen molar-refractivity contribution in [2.75, 3.05) is 0 Å². The van der Waals surface area contributed by atoms with Crippen LogP contribution in [0.1, 0.15) is 13.3 Å². The number of hydrogen-bond acceptors (Lipinski definition) is 4. The molecule has 0 bridgehead atoms. The third-order valence-corrected chi connectivity index (χ3v) is 2.29. The van der Waals surface area contributed by atoms with Gasteiger partial charge in [0.2, 0.25) is 0 Å². The predicted molar refractivity (Wildman–Crippen MR) is 45.2 cm³/mol. The summed E-state index contributed by atoms with van der Waals surface area (Å²) in [7, 11) is 0. The van der Waals surface area contributed by atoms with Crippen molar-refractivity contribution in [2.24, 2.45) is 0 Å². The lowest BCUT2D eigenvalue weighted by Crippen LogP contribution is -2.58. The van der Waals surface area contributed by atoms with Crippen molar-refractivity contribution in [3.8, 4) is 0 Å². The van der Waals surface area contributed by atoms with E-state index in [-0.39, 0.29) is 6.42 Å². The smallest absolute Gasteiger partial charge is 0.391 e. The first-order valence-electron chi connectivity index (χ1n) is 4.61. The lowest BCUT2D eigenvalue weighted by atomic mass is 9.99. The van der Waals surface area contributed by atoms with Gasteiger partial charge in [0.05, 0.1) is 18.2 Å². The van der Waals surface area contributed by atoms with Crippen LogP contribution in [-0.2, 0) is 9.53 Å². The Labute approximate surface area is 89.2 Å². The highest BCUT2D eigenvalue weighted by atomic mass is 19.4. The minimum atomic E-state index is -5.00. The predicted octanol–water partition coefficient (Wildman–Crippen LogP) is -0.478. The first-order chi connectivity index (χ1) is 7.21. The number of amides is 1. The molecule has 8 heteroatoms. The van der Waals surface area contributed by atoms with Crippen LogP contribution in [0.5, 0.6) is 0 Å². The van der Waals surface area contributed by atoms with E-state index in [0.717, 1.165) is 0 Å². The summed E-state index contributed by atoms with van der Waals surface area (Å²) in [6.07, 6.45) is -8.65. The van der Waals surface area contributed by atoms with E-state index in [9.17, 15) is 23.1 Å². The summed E-state index contributed by atoms with van der Waals surface area (Å²) in [6.45, 7) is 1.35. The molecule has 1 heterocycles. The quantitative estimate of drug-likeness (QED) is 0.581. The van der Waals surface area contributed by atoms with Gasteiger partial charge in [-0.2, -0.15) is 13.2 Å². The molecule has 5 nitrogen and oxygen atoms in total. The zero-order valence-electron chi connectivity index (χ0n) is 8.36. The van der Waals surface area contributed by atoms with E-state index in [4.69, 9.17) is 9.84 Å². The first kappa shape index (κ1) is 13.2. The Balaban J connectivity index is 2.63. The summed E-state index contributed by atoms with van der Waals surface area (Å²) < 4.78 is 40.6. The molecule has 1 fully saturated rings. The van der Waals surface area contributed by atoms with Crippen LogP contribution >= 0.6 is 0 Å². The number of rotatable bonds is 1. The second-order valence-electron chi connectivity index (χ2n) is 3.60. The largest absolute Gasteiger partial charge is 0.471 e. The van der Waals surface area contributed by atoms with Crippen LogP contribution in [0.15, 0.2) is 0 Å². The van der Waals surface area contributed by atoms with Crippen LogP contribution in [0.2, 0.25) is 0 Å². The maximum Gasteiger partial charge on any atom is 0.471 e. The number of halogens is 3. The van der Waals surface area contributed by atoms with Crippen molar-refractivity contribution in [3.05, 3.63) is 0 Å². The van der Waals surface area contributed by atoms with Gasteiger partial charge in [0, 0.05) is 6.42 Å². The summed E-state index contributed by atoms with van der Waals surface area (Å²) in [6, 6.07) is -1.18. The minimum absolute atomic E-state index is 0.243. The molecule has 0 aromatic carbocycles. The van der Waals surface area contributed by atoms with Gasteiger partial charge < -0.3 is 20.3 Å². The SMILES string of the molecule is C[C@@H]1OC(O)C[C@H](O)[C@@H]1NC(=O)C(F)(F)F. The number of carbonyl (C=O) groups is 1. The number of aliphatic hydroxyl groups is 2. The fourth-order valence-corrected chi connectivity index (χ4v) is 1.50. The van der Waals surface area contributed by atoms with Gasteiger partial charge in [-0.3, -0.25) is 4.79 Å². The van der Waals surface area contributed by atoms with Gasteiger partial charge in [0.15, 0.2) is 6.29 Å². The van der Waals surface area contributed by atoms with Crippen molar-refractivity contribution >= 4 is 5.91 Å². The fourth-order valence-electron chi connectivity index (χ4n) is 1.50. The van der Waals surface area contributed by atoms with E-state index in [1.54, 1.807) is 5.32 Å². The molecule has 3 N–H and O–H groups in total. The second-order valence-corrected chi connectivity index (χ2v) is 3.60. The third kappa shape index (κ3) is 3.06. The van der Waals surface area contributed by atoms with Crippen molar-refractivity contribution in [1.82, 2.24) is 5.32 Å². The number of aliphatic hydroxyl groups excluding tert-OH is 2. The average molecular weight is 243 g/mol. The van der Waals surface area contributed by atoms with Crippen molar-refractivity contribution in [3.63, 3.8) is 0 Å². The molecule has 0 aromatic heterocycles. The number of ether oxygens (including phenoxy) is 1. The number of nitrogens with one attached hydrogen (secondary N) is 1. The summed E-state index contributed by atoms with van der Waals surface area (Å²) in [5.74, 6) is -2.14. The van der Waals surface area contributed by atoms with Crippen molar-refractivity contribution < 1.29 is 32.9 Å². The molecule has 1 rings (SSSR count). The Morgan fingerprint density at radius 1 is 1.44 bits per heavy atom. The molecular formula is C8H12F3NO4. The third-order valence-electron chi connectivity index (χ3n) is 2.29. The topological polar surface area (TPSA) is 78.8 Å². The number of carbonyl (C=O) groups excluding carboxylic acids is 1. The van der Waals surface area contributed by atoms with Crippen LogP contribution in [0.4, 0.5) is 13.2 Å². The molecule has 0 aromatic rings. The van der Waals surface area contributed by atoms with E-state index in [1.165, 1.54) is 6.92 Å². The second kappa shape index (κ2) is 4.56.